The molecule has 0 aliphatic heterocycles. The maximum Gasteiger partial charge on any atom is 0.321 e. The number of nitrogens with two attached hydrogens (primary N) is 1. The zero-order chi connectivity index (χ0) is 12.0. The fraction of sp³-hybridized carbons (Fsp3) is 0.500. The zero-order valence-corrected chi connectivity index (χ0v) is 9.78. The van der Waals surface area contributed by atoms with Gasteiger partial charge in [0.15, 0.2) is 0 Å². The van der Waals surface area contributed by atoms with Crippen LogP contribution in [0.3, 0.4) is 0 Å². The number of hydrogen-bond acceptors (Lipinski definition) is 2. The van der Waals surface area contributed by atoms with Gasteiger partial charge in [-0.2, -0.15) is 0 Å². The lowest BCUT2D eigenvalue weighted by Gasteiger charge is -2.21. The molecule has 1 atom stereocenters. The average molecular weight is 231 g/mol. The molecule has 3 N–H and O–H groups in total. The van der Waals surface area contributed by atoms with Gasteiger partial charge in [0, 0.05) is 5.41 Å². The van der Waals surface area contributed by atoms with E-state index in [9.17, 15) is 4.79 Å². The van der Waals surface area contributed by atoms with Crippen LogP contribution in [0.1, 0.15) is 36.0 Å². The first-order valence-electron chi connectivity index (χ1n) is 6.24. The average Bonchev–Trinajstić information content (AvgIpc) is 2.99. The molecule has 1 fully saturated rings. The number of carboxylic acid groups (broad SMARTS) is 1. The maximum absolute atomic E-state index is 11.1. The van der Waals surface area contributed by atoms with Gasteiger partial charge in [0.05, 0.1) is 0 Å². The van der Waals surface area contributed by atoms with Gasteiger partial charge in [0.2, 0.25) is 0 Å². The number of fused-ring (bicyclic) bond motifs is 1. The van der Waals surface area contributed by atoms with E-state index in [4.69, 9.17) is 10.8 Å². The lowest BCUT2D eigenvalue weighted by molar-refractivity contribution is -0.139. The molecule has 0 amide bonds. The number of carbonyl (C=O) groups is 1. The Kier molecular flexibility index (Phi) is 2.26. The Morgan fingerprint density at radius 1 is 1.29 bits per heavy atom. The monoisotopic (exact) mass is 231 g/mol. The minimum Gasteiger partial charge on any atom is -0.480 e. The van der Waals surface area contributed by atoms with Crippen molar-refractivity contribution in [1.29, 1.82) is 0 Å². The lowest BCUT2D eigenvalue weighted by atomic mass is 9.87. The van der Waals surface area contributed by atoms with E-state index in [0.717, 1.165) is 31.2 Å². The summed E-state index contributed by atoms with van der Waals surface area (Å²) in [5.41, 5.74) is 9.50. The molecule has 1 aromatic rings. The van der Waals surface area contributed by atoms with E-state index in [1.807, 2.05) is 0 Å². The Morgan fingerprint density at radius 3 is 2.65 bits per heavy atom. The van der Waals surface area contributed by atoms with Gasteiger partial charge in [-0.15, -0.1) is 0 Å². The standard InChI is InChI=1S/C14H17NO2/c15-12(13(16)17)14(6-7-14)11-5-4-9-2-1-3-10(9)8-11/h4-5,8,12H,1-3,6-7,15H2,(H,16,17). The molecule has 2 aliphatic rings. The van der Waals surface area contributed by atoms with Crippen molar-refractivity contribution in [3.05, 3.63) is 34.9 Å². The number of aryl methyl sites for hydroxylation is 2. The van der Waals surface area contributed by atoms with Crippen molar-refractivity contribution in [3.8, 4) is 0 Å². The van der Waals surface area contributed by atoms with Crippen LogP contribution in [0, 0.1) is 0 Å². The van der Waals surface area contributed by atoms with Gasteiger partial charge in [0.1, 0.15) is 6.04 Å². The van der Waals surface area contributed by atoms with E-state index < -0.39 is 12.0 Å². The van der Waals surface area contributed by atoms with Gasteiger partial charge < -0.3 is 10.8 Å². The molecule has 3 heteroatoms. The van der Waals surface area contributed by atoms with E-state index in [1.165, 1.54) is 17.5 Å². The smallest absolute Gasteiger partial charge is 0.321 e. The van der Waals surface area contributed by atoms with Crippen molar-refractivity contribution in [2.45, 2.75) is 43.6 Å². The van der Waals surface area contributed by atoms with Gasteiger partial charge in [0.25, 0.3) is 0 Å². The molecule has 0 radical (unpaired) electrons. The molecular formula is C14H17NO2. The quantitative estimate of drug-likeness (QED) is 0.830. The number of benzene rings is 1. The zero-order valence-electron chi connectivity index (χ0n) is 9.78. The molecule has 3 rings (SSSR count). The highest BCUT2D eigenvalue weighted by molar-refractivity contribution is 5.77. The van der Waals surface area contributed by atoms with Crippen molar-refractivity contribution < 1.29 is 9.90 Å². The van der Waals surface area contributed by atoms with Crippen LogP contribution >= 0.6 is 0 Å². The molecule has 0 bridgehead atoms. The van der Waals surface area contributed by atoms with Crippen LogP contribution < -0.4 is 5.73 Å². The molecule has 0 spiro atoms. The molecular weight excluding hydrogens is 214 g/mol. The number of carboxylic acids is 1. The van der Waals surface area contributed by atoms with Gasteiger partial charge in [-0.3, -0.25) is 4.79 Å². The van der Waals surface area contributed by atoms with Crippen molar-refractivity contribution in [1.82, 2.24) is 0 Å². The second-order valence-corrected chi connectivity index (χ2v) is 5.31. The fourth-order valence-electron chi connectivity index (χ4n) is 3.03. The molecule has 1 saturated carbocycles. The summed E-state index contributed by atoms with van der Waals surface area (Å²) < 4.78 is 0. The van der Waals surface area contributed by atoms with Crippen molar-refractivity contribution >= 4 is 5.97 Å². The molecule has 1 unspecified atom stereocenters. The Morgan fingerprint density at radius 2 is 2.00 bits per heavy atom. The second-order valence-electron chi connectivity index (χ2n) is 5.31. The maximum atomic E-state index is 11.1. The molecule has 17 heavy (non-hydrogen) atoms. The first-order valence-corrected chi connectivity index (χ1v) is 6.24. The van der Waals surface area contributed by atoms with Crippen LogP contribution in [-0.2, 0) is 23.1 Å². The predicted octanol–water partition coefficient (Wildman–Crippen LogP) is 1.62. The summed E-state index contributed by atoms with van der Waals surface area (Å²) in [6, 6.07) is 5.67. The number of rotatable bonds is 3. The third kappa shape index (κ3) is 1.57. The third-order valence-electron chi connectivity index (χ3n) is 4.32. The summed E-state index contributed by atoms with van der Waals surface area (Å²) in [7, 11) is 0. The molecule has 0 aromatic heterocycles. The van der Waals surface area contributed by atoms with Crippen LogP contribution in [-0.4, -0.2) is 17.1 Å². The number of hydrogen-bond donors (Lipinski definition) is 2. The molecule has 3 nitrogen and oxygen atoms in total. The van der Waals surface area contributed by atoms with Crippen LogP contribution in [0.15, 0.2) is 18.2 Å². The molecule has 90 valence electrons. The second kappa shape index (κ2) is 3.57. The molecule has 1 aromatic carbocycles. The Labute approximate surface area is 101 Å². The summed E-state index contributed by atoms with van der Waals surface area (Å²) in [5.74, 6) is -0.886. The summed E-state index contributed by atoms with van der Waals surface area (Å²) in [4.78, 5) is 11.1. The summed E-state index contributed by atoms with van der Waals surface area (Å²) in [5, 5.41) is 9.09. The van der Waals surface area contributed by atoms with Gasteiger partial charge in [-0.05, 0) is 48.8 Å². The normalized spacial score (nSPS) is 21.9. The first kappa shape index (κ1) is 10.8. The largest absolute Gasteiger partial charge is 0.480 e. The Balaban J connectivity index is 1.97. The Hall–Kier alpha value is -1.35. The minimum atomic E-state index is -0.886. The topological polar surface area (TPSA) is 63.3 Å². The van der Waals surface area contributed by atoms with Gasteiger partial charge >= 0.3 is 5.97 Å². The summed E-state index contributed by atoms with van der Waals surface area (Å²) >= 11 is 0. The molecule has 2 aliphatic carbocycles. The van der Waals surface area contributed by atoms with E-state index >= 15 is 0 Å². The highest BCUT2D eigenvalue weighted by atomic mass is 16.4. The Bertz CT molecular complexity index is 477. The highest BCUT2D eigenvalue weighted by Gasteiger charge is 2.52. The number of aliphatic carboxylic acids is 1. The predicted molar refractivity (Wildman–Crippen MR) is 65.0 cm³/mol. The van der Waals surface area contributed by atoms with Crippen LogP contribution in [0.2, 0.25) is 0 Å². The summed E-state index contributed by atoms with van der Waals surface area (Å²) in [6.45, 7) is 0. The summed E-state index contributed by atoms with van der Waals surface area (Å²) in [6.07, 6.45) is 5.31. The molecule has 0 saturated heterocycles. The van der Waals surface area contributed by atoms with Crippen LogP contribution in [0.5, 0.6) is 0 Å². The van der Waals surface area contributed by atoms with Gasteiger partial charge in [-0.25, -0.2) is 0 Å². The van der Waals surface area contributed by atoms with Crippen LogP contribution in [0.4, 0.5) is 0 Å². The van der Waals surface area contributed by atoms with E-state index in [2.05, 4.69) is 18.2 Å². The van der Waals surface area contributed by atoms with E-state index in [0.29, 0.717) is 0 Å². The van der Waals surface area contributed by atoms with Crippen LogP contribution in [0.25, 0.3) is 0 Å². The minimum absolute atomic E-state index is 0.288. The van der Waals surface area contributed by atoms with Crippen molar-refractivity contribution in [3.63, 3.8) is 0 Å². The SMILES string of the molecule is NC(C(=O)O)C1(c2ccc3c(c2)CCC3)CC1. The van der Waals surface area contributed by atoms with E-state index in [-0.39, 0.29) is 5.41 Å². The highest BCUT2D eigenvalue weighted by Crippen LogP contribution is 2.51. The van der Waals surface area contributed by atoms with Crippen molar-refractivity contribution in [2.75, 3.05) is 0 Å². The first-order chi connectivity index (χ1) is 8.13. The third-order valence-corrected chi connectivity index (χ3v) is 4.32. The lowest BCUT2D eigenvalue weighted by Crippen LogP contribution is -2.42. The fourth-order valence-corrected chi connectivity index (χ4v) is 3.03. The van der Waals surface area contributed by atoms with E-state index in [1.54, 1.807) is 0 Å². The molecule has 0 heterocycles. The van der Waals surface area contributed by atoms with Crippen molar-refractivity contribution in [2.24, 2.45) is 5.73 Å². The van der Waals surface area contributed by atoms with Gasteiger partial charge in [-0.1, -0.05) is 18.2 Å².